The van der Waals surface area contributed by atoms with E-state index in [9.17, 15) is 30.5 Å². The molecule has 0 aliphatic carbocycles. The van der Waals surface area contributed by atoms with Crippen molar-refractivity contribution in [3.63, 3.8) is 0 Å². The number of nitrogens with one attached hydrogen (secondary N) is 2. The lowest BCUT2D eigenvalue weighted by atomic mass is 10.1. The standard InChI is InChI=1S/C26H28N6O5S.C16H16N4O2.C10H13ClN2O3S.C6H5BrClNO.C4H9NO2S/c1-35-26-22(32-8-12-38(33,34)13-9-32)3-5-24(31-26)30-25-15-21(28-17-29-25)18-2-4-23(19(14-18)16-27)37-20-6-10-36-11-7-20;1-18-14-8-11(13-9-16(17)20-10-19-13)2-3-15(14)22-12-4-6-21-7-5-12;1-16-10-8(2-3-9(11)12-10)13-4-6-17(14,15)7-5-13;1-10-6-4(7)2-3-5(8)9-6;6-8(7)3-1-5-2-4-8/h2-5,14-15,17,20H,6-13H2,1H3,(H,28,29,30,31);2-3,8-10,12H,4-7H2,(H2,17,19,20);2-3H,4-7H2,1H3;2-3H,1H3;5H,1-4H2. The molecule has 0 bridgehead atoms. The summed E-state index contributed by atoms with van der Waals surface area (Å²) in [4.78, 5) is 36.7. The first-order valence-electron chi connectivity index (χ1n) is 29.8. The van der Waals surface area contributed by atoms with Gasteiger partial charge in [-0.15, -0.1) is 0 Å². The lowest BCUT2D eigenvalue weighted by molar-refractivity contribution is 0.0253. The highest BCUT2D eigenvalue weighted by atomic mass is 79.9. The van der Waals surface area contributed by atoms with Crippen molar-refractivity contribution in [1.82, 2.24) is 40.2 Å². The molecule has 12 rings (SSSR count). The molecule has 5 fully saturated rings. The number of pyridine rings is 3. The number of hydrogen-bond donors (Lipinski definition) is 3. The molecule has 506 valence electrons. The Balaban J connectivity index is 0.000000171. The smallest absolute Gasteiger partial charge is 0.239 e. The van der Waals surface area contributed by atoms with Crippen molar-refractivity contribution in [2.24, 2.45) is 0 Å². The van der Waals surface area contributed by atoms with Gasteiger partial charge in [0.05, 0.1) is 110 Å². The Morgan fingerprint density at radius 3 is 1.61 bits per heavy atom. The van der Waals surface area contributed by atoms with Crippen molar-refractivity contribution in [3.8, 4) is 57.7 Å². The van der Waals surface area contributed by atoms with Crippen molar-refractivity contribution in [1.29, 1.82) is 5.26 Å². The van der Waals surface area contributed by atoms with Crippen molar-refractivity contribution in [2.75, 3.05) is 142 Å². The fraction of sp³-hybridized carbons (Fsp3) is 0.403. The van der Waals surface area contributed by atoms with Crippen LogP contribution in [0.3, 0.4) is 0 Å². The van der Waals surface area contributed by atoms with Gasteiger partial charge in [-0.05, 0) is 88.2 Å². The zero-order chi connectivity index (χ0) is 68.0. The third kappa shape index (κ3) is 22.3. The summed E-state index contributed by atoms with van der Waals surface area (Å²) in [6.45, 7) is 13.1. The van der Waals surface area contributed by atoms with E-state index in [0.29, 0.717) is 157 Å². The van der Waals surface area contributed by atoms with E-state index < -0.39 is 29.5 Å². The molecule has 5 aromatic heterocycles. The zero-order valence-corrected chi connectivity index (χ0v) is 57.7. The number of methoxy groups -OCH3 is 3. The molecule has 33 heteroatoms. The van der Waals surface area contributed by atoms with Crippen LogP contribution in [0.25, 0.3) is 27.4 Å². The van der Waals surface area contributed by atoms with Gasteiger partial charge in [0.2, 0.25) is 23.3 Å². The number of hydrogen-bond acceptors (Lipinski definition) is 26. The molecule has 5 aliphatic heterocycles. The number of sulfone groups is 3. The minimum atomic E-state index is -2.99. The molecule has 5 saturated heterocycles. The van der Waals surface area contributed by atoms with Crippen LogP contribution in [0.1, 0.15) is 31.2 Å². The average molecular weight is 1470 g/mol. The first-order chi connectivity index (χ1) is 45.7. The van der Waals surface area contributed by atoms with Crippen molar-refractivity contribution in [3.05, 3.63) is 129 Å². The fourth-order valence-corrected chi connectivity index (χ4v) is 13.9. The summed E-state index contributed by atoms with van der Waals surface area (Å²) in [6, 6.07) is 27.2. The highest BCUT2D eigenvalue weighted by Crippen LogP contribution is 2.36. The topological polar surface area (TPSA) is 342 Å². The fourth-order valence-electron chi connectivity index (χ4n) is 9.76. The molecule has 0 amide bonds. The van der Waals surface area contributed by atoms with Gasteiger partial charge in [-0.25, -0.2) is 55.0 Å². The Hall–Kier alpha value is -7.98. The first-order valence-corrected chi connectivity index (χ1v) is 36.8. The second-order valence-corrected chi connectivity index (χ2v) is 29.9. The van der Waals surface area contributed by atoms with E-state index in [1.165, 1.54) is 26.9 Å². The summed E-state index contributed by atoms with van der Waals surface area (Å²) >= 11 is 14.6. The first kappa shape index (κ1) is 72.8. The number of rotatable bonds is 13. The molecular formula is C62H71BrCl2N14O13S3. The molecule has 95 heavy (non-hydrogen) atoms. The molecule has 4 N–H and O–H groups in total. The zero-order valence-electron chi connectivity index (χ0n) is 52.2. The predicted octanol–water partition coefficient (Wildman–Crippen LogP) is 8.28. The summed E-state index contributed by atoms with van der Waals surface area (Å²) in [5.41, 5.74) is 11.0. The van der Waals surface area contributed by atoms with Gasteiger partial charge in [-0.1, -0.05) is 29.3 Å². The van der Waals surface area contributed by atoms with Gasteiger partial charge in [0, 0.05) is 82.6 Å². The van der Waals surface area contributed by atoms with Gasteiger partial charge in [-0.3, -0.25) is 0 Å². The number of ether oxygens (including phenoxy) is 7. The van der Waals surface area contributed by atoms with Gasteiger partial charge in [0.15, 0.2) is 29.5 Å². The monoisotopic (exact) mass is 1460 g/mol. The number of nitrogens with two attached hydrogens (primary N) is 1. The Kier molecular flexibility index (Phi) is 26.9. The molecule has 0 unspecified atom stereocenters. The van der Waals surface area contributed by atoms with Crippen LogP contribution in [0, 0.1) is 17.9 Å². The lowest BCUT2D eigenvalue weighted by Crippen LogP contribution is -2.40. The molecule has 2 aromatic carbocycles. The molecule has 27 nitrogen and oxygen atoms in total. The van der Waals surface area contributed by atoms with Gasteiger partial charge in [0.25, 0.3) is 0 Å². The second-order valence-electron chi connectivity index (χ2n) is 21.4. The summed E-state index contributed by atoms with van der Waals surface area (Å²) in [5.74, 6) is 5.08. The van der Waals surface area contributed by atoms with Gasteiger partial charge >= 0.3 is 0 Å². The van der Waals surface area contributed by atoms with E-state index in [1.54, 1.807) is 67.8 Å². The van der Waals surface area contributed by atoms with E-state index in [0.717, 1.165) is 52.7 Å². The highest BCUT2D eigenvalue weighted by Gasteiger charge is 2.27. The number of halogens is 3. The van der Waals surface area contributed by atoms with Gasteiger partial charge < -0.3 is 59.3 Å². The summed E-state index contributed by atoms with van der Waals surface area (Å²) < 4.78 is 106. The van der Waals surface area contributed by atoms with Gasteiger partial charge in [0.1, 0.15) is 81.6 Å². The molecule has 5 aliphatic rings. The van der Waals surface area contributed by atoms with E-state index in [-0.39, 0.29) is 35.2 Å². The minimum absolute atomic E-state index is 0.0374. The summed E-state index contributed by atoms with van der Waals surface area (Å²) in [6.07, 6.45) is 6.29. The number of nitrogen functional groups attached to an aromatic ring is 1. The molecule has 10 heterocycles. The maximum Gasteiger partial charge on any atom is 0.239 e. The van der Waals surface area contributed by atoms with Crippen LogP contribution in [-0.4, -0.2) is 194 Å². The predicted molar refractivity (Wildman–Crippen MR) is 366 cm³/mol. The number of benzene rings is 2. The molecular weight excluding hydrogens is 1400 g/mol. The van der Waals surface area contributed by atoms with Crippen molar-refractivity contribution in [2.45, 2.75) is 37.9 Å². The lowest BCUT2D eigenvalue weighted by Gasteiger charge is -2.29. The maximum absolute atomic E-state index is 11.8. The van der Waals surface area contributed by atoms with Gasteiger partial charge in [-0.2, -0.15) is 15.2 Å². The van der Waals surface area contributed by atoms with E-state index in [1.807, 2.05) is 34.1 Å². The van der Waals surface area contributed by atoms with Crippen molar-refractivity contribution >= 4 is 103 Å². The summed E-state index contributed by atoms with van der Waals surface area (Å²) in [7, 11) is -3.93. The molecule has 0 saturated carbocycles. The Bertz CT molecular complexity index is 4150. The SMILES string of the molecule is COc1nc(Cl)ccc1Br.COc1nc(Cl)ccc1N1CCS(=O)(=O)CC1.COc1nc(Nc2cc(-c3ccc(OC4CCOCC4)c(C#N)c3)ncn2)ccc1N1CCS(=O)(=O)CC1.O=S1(=O)CCNCC1.[C-]#[N+]c1cc(-c2cc(N)ncn2)ccc1OC1CCOCC1. The third-order valence-corrected chi connectivity index (χ3v) is 20.8. The maximum atomic E-state index is 11.8. The second kappa shape index (κ2) is 35.1. The van der Waals surface area contributed by atoms with Crippen LogP contribution < -0.4 is 49.9 Å². The molecule has 0 atom stereocenters. The van der Waals surface area contributed by atoms with E-state index in [4.69, 9.17) is 68.7 Å². The molecule has 0 radical (unpaired) electrons. The van der Waals surface area contributed by atoms with Crippen LogP contribution in [0.5, 0.6) is 29.1 Å². The minimum Gasteiger partial charge on any atom is -0.501 e. The van der Waals surface area contributed by atoms with E-state index >= 15 is 0 Å². The normalized spacial score (nSPS) is 17.2. The van der Waals surface area contributed by atoms with Crippen LogP contribution in [0.2, 0.25) is 10.3 Å². The number of nitriles is 1. The third-order valence-electron chi connectivity index (χ3n) is 14.9. The number of aromatic nitrogens is 7. The molecule has 0 spiro atoms. The summed E-state index contributed by atoms with van der Waals surface area (Å²) in [5, 5.41) is 16.6. The highest BCUT2D eigenvalue weighted by molar-refractivity contribution is 9.10. The van der Waals surface area contributed by atoms with Crippen LogP contribution in [0.15, 0.2) is 102 Å². The molecule has 7 aromatic rings. The largest absolute Gasteiger partial charge is 0.501 e. The van der Waals surface area contributed by atoms with Crippen LogP contribution in [0.4, 0.5) is 34.5 Å². The Labute approximate surface area is 570 Å². The quantitative estimate of drug-likeness (QED) is 0.0721. The average Bonchev–Trinajstić information content (AvgIpc) is 0.871. The number of anilines is 5. The Morgan fingerprint density at radius 2 is 1.09 bits per heavy atom. The van der Waals surface area contributed by atoms with Crippen molar-refractivity contribution < 1.29 is 58.4 Å². The van der Waals surface area contributed by atoms with Crippen LogP contribution >= 0.6 is 39.1 Å². The van der Waals surface area contributed by atoms with Crippen LogP contribution in [-0.2, 0) is 39.0 Å². The number of nitrogens with zero attached hydrogens (tertiary/aromatic N) is 11. The Morgan fingerprint density at radius 1 is 0.611 bits per heavy atom. The van der Waals surface area contributed by atoms with E-state index in [2.05, 4.69) is 72.4 Å².